The van der Waals surface area contributed by atoms with E-state index in [2.05, 4.69) is 25.5 Å². The molecule has 0 saturated carbocycles. The number of aromatic nitrogens is 6. The highest BCUT2D eigenvalue weighted by atomic mass is 19.4. The first-order chi connectivity index (χ1) is 16.1. The Bertz CT molecular complexity index is 1390. The molecular formula is C21H18F3N7O3. The summed E-state index contributed by atoms with van der Waals surface area (Å²) in [4.78, 5) is 32.8. The lowest BCUT2D eigenvalue weighted by molar-refractivity contribution is -0.143. The number of nitrogens with one attached hydrogen (secondary N) is 1. The van der Waals surface area contributed by atoms with Crippen LogP contribution in [-0.2, 0) is 10.9 Å². The molecule has 3 aromatic heterocycles. The van der Waals surface area contributed by atoms with Gasteiger partial charge in [0.15, 0.2) is 5.69 Å². The van der Waals surface area contributed by atoms with Gasteiger partial charge in [0, 0.05) is 17.1 Å². The monoisotopic (exact) mass is 473 g/mol. The fraction of sp³-hybridized carbons (Fsp3) is 0.238. The molecule has 34 heavy (non-hydrogen) atoms. The molecule has 4 rings (SSSR count). The fourth-order valence-corrected chi connectivity index (χ4v) is 3.31. The molecule has 13 heteroatoms. The van der Waals surface area contributed by atoms with Crippen LogP contribution in [0, 0.1) is 13.8 Å². The number of esters is 1. The van der Waals surface area contributed by atoms with Gasteiger partial charge in [-0.3, -0.25) is 4.79 Å². The number of rotatable bonds is 5. The molecule has 176 valence electrons. The second-order valence-electron chi connectivity index (χ2n) is 7.22. The summed E-state index contributed by atoms with van der Waals surface area (Å²) in [6, 6.07) is 7.21. The molecule has 3 heterocycles. The minimum Gasteiger partial charge on any atom is -0.462 e. The summed E-state index contributed by atoms with van der Waals surface area (Å²) in [6.45, 7) is 5.01. The normalized spacial score (nSPS) is 11.6. The lowest BCUT2D eigenvalue weighted by atomic mass is 10.2. The molecule has 1 aromatic carbocycles. The first-order valence-corrected chi connectivity index (χ1v) is 10.0. The minimum absolute atomic E-state index is 0.0297. The van der Waals surface area contributed by atoms with E-state index in [-0.39, 0.29) is 23.9 Å². The zero-order valence-electron chi connectivity index (χ0n) is 18.2. The number of carbonyl (C=O) groups excluding carboxylic acids is 2. The van der Waals surface area contributed by atoms with Crippen molar-refractivity contribution in [1.82, 2.24) is 29.4 Å². The molecule has 0 saturated heterocycles. The summed E-state index contributed by atoms with van der Waals surface area (Å²) in [6.07, 6.45) is -4.05. The first kappa shape index (κ1) is 22.9. The van der Waals surface area contributed by atoms with E-state index < -0.39 is 29.3 Å². The Morgan fingerprint density at radius 1 is 1.12 bits per heavy atom. The predicted molar refractivity (Wildman–Crippen MR) is 113 cm³/mol. The largest absolute Gasteiger partial charge is 0.462 e. The molecule has 4 aromatic rings. The van der Waals surface area contributed by atoms with Crippen molar-refractivity contribution in [3.05, 3.63) is 65.0 Å². The number of alkyl halides is 3. The number of hydrogen-bond donors (Lipinski definition) is 1. The zero-order chi connectivity index (χ0) is 24.6. The van der Waals surface area contributed by atoms with Gasteiger partial charge in [-0.2, -0.15) is 23.3 Å². The van der Waals surface area contributed by atoms with Crippen molar-refractivity contribution in [3.8, 4) is 5.69 Å². The number of amides is 1. The Kier molecular flexibility index (Phi) is 5.77. The third-order valence-electron chi connectivity index (χ3n) is 4.72. The van der Waals surface area contributed by atoms with Crippen molar-refractivity contribution < 1.29 is 27.5 Å². The van der Waals surface area contributed by atoms with Crippen molar-refractivity contribution in [2.45, 2.75) is 26.9 Å². The van der Waals surface area contributed by atoms with Gasteiger partial charge in [0.1, 0.15) is 5.56 Å². The third kappa shape index (κ3) is 4.31. The maximum absolute atomic E-state index is 13.7. The van der Waals surface area contributed by atoms with Gasteiger partial charge in [-0.15, -0.1) is 5.10 Å². The molecule has 0 aliphatic carbocycles. The number of nitrogens with zero attached hydrogens (tertiary/aromatic N) is 6. The molecule has 0 fully saturated rings. The van der Waals surface area contributed by atoms with E-state index in [9.17, 15) is 22.8 Å². The van der Waals surface area contributed by atoms with Crippen molar-refractivity contribution in [1.29, 1.82) is 0 Å². The fourth-order valence-electron chi connectivity index (χ4n) is 3.31. The average molecular weight is 473 g/mol. The number of hydrogen-bond acceptors (Lipinski definition) is 7. The standard InChI is InChI=1S/C21H18F3N7O3/c1-4-34-19(33)15-10-25-31(16(15)21(22,23)24)14-7-5-13(6-8-14)27-18(32)17-28-20-26-11(2)9-12(3)30(20)29-17/h5-10H,4H2,1-3H3,(H,27,32). The maximum Gasteiger partial charge on any atom is 0.434 e. The Hall–Kier alpha value is -4.29. The average Bonchev–Trinajstić information content (AvgIpc) is 3.39. The lowest BCUT2D eigenvalue weighted by Crippen LogP contribution is -2.18. The summed E-state index contributed by atoms with van der Waals surface area (Å²) < 4.78 is 47.7. The molecule has 0 aliphatic rings. The first-order valence-electron chi connectivity index (χ1n) is 10.0. The van der Waals surface area contributed by atoms with Crippen molar-refractivity contribution in [2.75, 3.05) is 11.9 Å². The van der Waals surface area contributed by atoms with Crippen LogP contribution in [0.4, 0.5) is 18.9 Å². The van der Waals surface area contributed by atoms with Gasteiger partial charge in [-0.25, -0.2) is 19.0 Å². The van der Waals surface area contributed by atoms with Crippen LogP contribution in [0.3, 0.4) is 0 Å². The van der Waals surface area contributed by atoms with E-state index in [1.807, 2.05) is 0 Å². The molecule has 0 atom stereocenters. The van der Waals surface area contributed by atoms with Crippen molar-refractivity contribution >= 4 is 23.3 Å². The summed E-state index contributed by atoms with van der Waals surface area (Å²) in [5, 5.41) is 10.4. The van der Waals surface area contributed by atoms with E-state index in [0.717, 1.165) is 17.6 Å². The summed E-state index contributed by atoms with van der Waals surface area (Å²) >= 11 is 0. The van der Waals surface area contributed by atoms with Gasteiger partial charge in [-0.1, -0.05) is 0 Å². The summed E-state index contributed by atoms with van der Waals surface area (Å²) in [5.41, 5.74) is -0.149. The van der Waals surface area contributed by atoms with Gasteiger partial charge >= 0.3 is 12.1 Å². The van der Waals surface area contributed by atoms with E-state index >= 15 is 0 Å². The third-order valence-corrected chi connectivity index (χ3v) is 4.72. The zero-order valence-corrected chi connectivity index (χ0v) is 18.2. The van der Waals surface area contributed by atoms with Crippen LogP contribution < -0.4 is 5.32 Å². The molecule has 0 radical (unpaired) electrons. The van der Waals surface area contributed by atoms with Gasteiger partial charge in [-0.05, 0) is 51.1 Å². The van der Waals surface area contributed by atoms with Gasteiger partial charge in [0.25, 0.3) is 11.7 Å². The number of benzene rings is 1. The van der Waals surface area contributed by atoms with E-state index in [0.29, 0.717) is 10.4 Å². The molecule has 0 unspecified atom stereocenters. The number of anilines is 1. The summed E-state index contributed by atoms with van der Waals surface area (Å²) in [5.74, 6) is -1.58. The van der Waals surface area contributed by atoms with Gasteiger partial charge in [0.05, 0.1) is 18.5 Å². The van der Waals surface area contributed by atoms with Crippen LogP contribution in [0.25, 0.3) is 11.5 Å². The highest BCUT2D eigenvalue weighted by Crippen LogP contribution is 2.34. The number of halogens is 3. The van der Waals surface area contributed by atoms with Gasteiger partial charge < -0.3 is 10.1 Å². The molecule has 0 bridgehead atoms. The molecule has 10 nitrogen and oxygen atoms in total. The van der Waals surface area contributed by atoms with Gasteiger partial charge in [0.2, 0.25) is 5.82 Å². The minimum atomic E-state index is -4.86. The van der Waals surface area contributed by atoms with Crippen LogP contribution in [0.2, 0.25) is 0 Å². The Morgan fingerprint density at radius 3 is 2.47 bits per heavy atom. The molecule has 0 aliphatic heterocycles. The number of aryl methyl sites for hydroxylation is 2. The predicted octanol–water partition coefficient (Wildman–Crippen LogP) is 3.37. The highest BCUT2D eigenvalue weighted by molar-refractivity contribution is 6.01. The molecule has 1 amide bonds. The van der Waals surface area contributed by atoms with Crippen LogP contribution >= 0.6 is 0 Å². The Morgan fingerprint density at radius 2 is 1.82 bits per heavy atom. The second-order valence-corrected chi connectivity index (χ2v) is 7.22. The quantitative estimate of drug-likeness (QED) is 0.442. The number of ether oxygens (including phenoxy) is 1. The molecule has 1 N–H and O–H groups in total. The molecule has 0 spiro atoms. The highest BCUT2D eigenvalue weighted by Gasteiger charge is 2.41. The SMILES string of the molecule is CCOC(=O)c1cnn(-c2ccc(NC(=O)c3nc4nc(C)cc(C)n4n3)cc2)c1C(F)(F)F. The Balaban J connectivity index is 1.59. The maximum atomic E-state index is 13.7. The van der Waals surface area contributed by atoms with E-state index in [4.69, 9.17) is 4.74 Å². The van der Waals surface area contributed by atoms with Crippen LogP contribution in [-0.4, -0.2) is 47.8 Å². The van der Waals surface area contributed by atoms with Crippen LogP contribution in [0.15, 0.2) is 36.5 Å². The molecular weight excluding hydrogens is 455 g/mol. The van der Waals surface area contributed by atoms with Crippen LogP contribution in [0.1, 0.15) is 45.0 Å². The van der Waals surface area contributed by atoms with E-state index in [1.54, 1.807) is 19.9 Å². The summed E-state index contributed by atoms with van der Waals surface area (Å²) in [7, 11) is 0. The smallest absolute Gasteiger partial charge is 0.434 e. The number of carbonyl (C=O) groups is 2. The van der Waals surface area contributed by atoms with Crippen molar-refractivity contribution in [2.24, 2.45) is 0 Å². The van der Waals surface area contributed by atoms with Crippen molar-refractivity contribution in [3.63, 3.8) is 0 Å². The number of fused-ring (bicyclic) bond motifs is 1. The van der Waals surface area contributed by atoms with E-state index in [1.165, 1.54) is 35.7 Å². The lowest BCUT2D eigenvalue weighted by Gasteiger charge is -2.13. The second kappa shape index (κ2) is 8.57. The Labute approximate surface area is 190 Å². The topological polar surface area (TPSA) is 116 Å². The van der Waals surface area contributed by atoms with Crippen LogP contribution in [0.5, 0.6) is 0 Å².